The molecule has 0 saturated carbocycles. The van der Waals surface area contributed by atoms with Crippen LogP contribution < -0.4 is 0 Å². The second-order valence-corrected chi connectivity index (χ2v) is 4.77. The van der Waals surface area contributed by atoms with E-state index in [-0.39, 0.29) is 6.10 Å². The van der Waals surface area contributed by atoms with Crippen molar-refractivity contribution in [2.45, 2.75) is 39.0 Å². The molecule has 1 aromatic heterocycles. The summed E-state index contributed by atoms with van der Waals surface area (Å²) in [6.07, 6.45) is 2.82. The molecule has 2 heterocycles. The summed E-state index contributed by atoms with van der Waals surface area (Å²) in [7, 11) is 0. The van der Waals surface area contributed by atoms with Gasteiger partial charge in [0.25, 0.3) is 0 Å². The summed E-state index contributed by atoms with van der Waals surface area (Å²) in [5, 5.41) is 13.4. The molecule has 1 aliphatic rings. The van der Waals surface area contributed by atoms with Crippen LogP contribution in [0, 0.1) is 11.3 Å². The molecule has 0 amide bonds. The molecule has 98 valence electrons. The average molecular weight is 248 g/mol. The molecule has 2 rings (SSSR count). The normalized spacial score (nSPS) is 22.6. The van der Waals surface area contributed by atoms with Gasteiger partial charge in [-0.15, -0.1) is 0 Å². The lowest BCUT2D eigenvalue weighted by Crippen LogP contribution is -2.41. The van der Waals surface area contributed by atoms with E-state index in [1.165, 1.54) is 0 Å². The summed E-state index contributed by atoms with van der Waals surface area (Å²) in [4.78, 5) is 2.22. The number of aromatic nitrogens is 2. The number of hydrogen-bond acceptors (Lipinski definition) is 4. The van der Waals surface area contributed by atoms with Gasteiger partial charge in [0.15, 0.2) is 6.10 Å². The number of hydrogen-bond donors (Lipinski definition) is 0. The van der Waals surface area contributed by atoms with Crippen molar-refractivity contribution in [2.24, 2.45) is 0 Å². The van der Waals surface area contributed by atoms with Crippen molar-refractivity contribution in [3.63, 3.8) is 0 Å². The van der Waals surface area contributed by atoms with Crippen LogP contribution in [0.15, 0.2) is 12.3 Å². The first-order valence-electron chi connectivity index (χ1n) is 6.50. The Morgan fingerprint density at radius 2 is 2.50 bits per heavy atom. The van der Waals surface area contributed by atoms with Gasteiger partial charge >= 0.3 is 0 Å². The average Bonchev–Trinajstić information content (AvgIpc) is 2.86. The van der Waals surface area contributed by atoms with Crippen molar-refractivity contribution in [3.05, 3.63) is 18.0 Å². The van der Waals surface area contributed by atoms with Crippen molar-refractivity contribution in [2.75, 3.05) is 19.7 Å². The maximum absolute atomic E-state index is 8.86. The zero-order valence-corrected chi connectivity index (χ0v) is 11.0. The van der Waals surface area contributed by atoms with Crippen LogP contribution in [0.3, 0.4) is 0 Å². The third-order valence-electron chi connectivity index (χ3n) is 3.39. The number of ether oxygens (including phenoxy) is 1. The van der Waals surface area contributed by atoms with Gasteiger partial charge in [-0.25, -0.2) is 0 Å². The van der Waals surface area contributed by atoms with Crippen molar-refractivity contribution >= 4 is 0 Å². The SMILES string of the molecule is CCC(C)n1ccc(CN2CCOC(C#N)C2)n1. The molecule has 1 aromatic rings. The van der Waals surface area contributed by atoms with Gasteiger partial charge in [-0.1, -0.05) is 6.92 Å². The highest BCUT2D eigenvalue weighted by Crippen LogP contribution is 2.12. The lowest BCUT2D eigenvalue weighted by atomic mass is 10.3. The quantitative estimate of drug-likeness (QED) is 0.811. The van der Waals surface area contributed by atoms with Crippen LogP contribution in [0.4, 0.5) is 0 Å². The molecule has 5 heteroatoms. The molecular weight excluding hydrogens is 228 g/mol. The molecule has 0 bridgehead atoms. The molecule has 18 heavy (non-hydrogen) atoms. The molecule has 0 N–H and O–H groups in total. The van der Waals surface area contributed by atoms with E-state index in [9.17, 15) is 0 Å². The summed E-state index contributed by atoms with van der Waals surface area (Å²) < 4.78 is 7.34. The molecule has 0 spiro atoms. The minimum absolute atomic E-state index is 0.296. The first kappa shape index (κ1) is 13.1. The standard InChI is InChI=1S/C13H20N4O/c1-3-11(2)17-5-4-12(15-17)9-16-6-7-18-13(8-14)10-16/h4-5,11,13H,3,6-7,9-10H2,1-2H3. The summed E-state index contributed by atoms with van der Waals surface area (Å²) in [5.74, 6) is 0. The lowest BCUT2D eigenvalue weighted by molar-refractivity contribution is -0.00319. The second kappa shape index (κ2) is 5.98. The number of morpholine rings is 1. The zero-order valence-electron chi connectivity index (χ0n) is 11.0. The maximum Gasteiger partial charge on any atom is 0.156 e. The van der Waals surface area contributed by atoms with E-state index in [0.29, 0.717) is 19.2 Å². The highest BCUT2D eigenvalue weighted by atomic mass is 16.5. The Morgan fingerprint density at radius 1 is 1.67 bits per heavy atom. The van der Waals surface area contributed by atoms with Crippen LogP contribution >= 0.6 is 0 Å². The van der Waals surface area contributed by atoms with Gasteiger partial charge in [-0.05, 0) is 19.4 Å². The summed E-state index contributed by atoms with van der Waals surface area (Å²) >= 11 is 0. The molecule has 0 radical (unpaired) electrons. The summed E-state index contributed by atoms with van der Waals surface area (Å²) in [5.41, 5.74) is 1.06. The molecular formula is C13H20N4O. The molecule has 1 aliphatic heterocycles. The Bertz CT molecular complexity index is 423. The Balaban J connectivity index is 1.93. The van der Waals surface area contributed by atoms with Gasteiger partial charge in [-0.3, -0.25) is 9.58 Å². The van der Waals surface area contributed by atoms with Crippen molar-refractivity contribution in [1.29, 1.82) is 5.26 Å². The van der Waals surface area contributed by atoms with E-state index >= 15 is 0 Å². The van der Waals surface area contributed by atoms with Crippen molar-refractivity contribution in [1.82, 2.24) is 14.7 Å². The summed E-state index contributed by atoms with van der Waals surface area (Å²) in [6.45, 7) is 7.29. The molecule has 5 nitrogen and oxygen atoms in total. The van der Waals surface area contributed by atoms with Crippen LogP contribution in [-0.2, 0) is 11.3 Å². The molecule has 2 atom stereocenters. The highest BCUT2D eigenvalue weighted by Gasteiger charge is 2.20. The Hall–Kier alpha value is -1.38. The Morgan fingerprint density at radius 3 is 3.22 bits per heavy atom. The van der Waals surface area contributed by atoms with E-state index in [1.807, 2.05) is 10.9 Å². The predicted molar refractivity (Wildman–Crippen MR) is 67.9 cm³/mol. The molecule has 2 unspecified atom stereocenters. The first-order chi connectivity index (χ1) is 8.72. The zero-order chi connectivity index (χ0) is 13.0. The minimum Gasteiger partial charge on any atom is -0.361 e. The van der Waals surface area contributed by atoms with E-state index in [1.54, 1.807) is 0 Å². The van der Waals surface area contributed by atoms with Crippen LogP contribution in [0.5, 0.6) is 0 Å². The molecule has 0 aromatic carbocycles. The Labute approximate surface area is 108 Å². The van der Waals surface area contributed by atoms with Gasteiger partial charge in [-0.2, -0.15) is 10.4 Å². The molecule has 1 fully saturated rings. The lowest BCUT2D eigenvalue weighted by Gasteiger charge is -2.28. The van der Waals surface area contributed by atoms with Crippen LogP contribution in [0.2, 0.25) is 0 Å². The fourth-order valence-corrected chi connectivity index (χ4v) is 2.05. The topological polar surface area (TPSA) is 54.1 Å². The van der Waals surface area contributed by atoms with Gasteiger partial charge in [0.1, 0.15) is 0 Å². The fraction of sp³-hybridized carbons (Fsp3) is 0.692. The number of nitriles is 1. The van der Waals surface area contributed by atoms with Crippen molar-refractivity contribution < 1.29 is 4.74 Å². The second-order valence-electron chi connectivity index (χ2n) is 4.77. The minimum atomic E-state index is -0.296. The van der Waals surface area contributed by atoms with Gasteiger partial charge in [0.2, 0.25) is 0 Å². The van der Waals surface area contributed by atoms with Crippen LogP contribution in [-0.4, -0.2) is 40.5 Å². The fourth-order valence-electron chi connectivity index (χ4n) is 2.05. The highest BCUT2D eigenvalue weighted by molar-refractivity contribution is 5.01. The molecule has 0 aliphatic carbocycles. The number of rotatable bonds is 4. The van der Waals surface area contributed by atoms with E-state index in [2.05, 4.69) is 36.0 Å². The monoisotopic (exact) mass is 248 g/mol. The third-order valence-corrected chi connectivity index (χ3v) is 3.39. The van der Waals surface area contributed by atoms with E-state index < -0.39 is 0 Å². The molecule has 1 saturated heterocycles. The Kier molecular flexibility index (Phi) is 4.34. The summed E-state index contributed by atoms with van der Waals surface area (Å²) in [6, 6.07) is 4.66. The van der Waals surface area contributed by atoms with Crippen LogP contribution in [0.1, 0.15) is 32.0 Å². The van der Waals surface area contributed by atoms with Gasteiger partial charge in [0.05, 0.1) is 18.4 Å². The van der Waals surface area contributed by atoms with E-state index in [0.717, 1.165) is 25.2 Å². The number of nitrogens with zero attached hydrogens (tertiary/aromatic N) is 4. The smallest absolute Gasteiger partial charge is 0.156 e. The third kappa shape index (κ3) is 3.09. The maximum atomic E-state index is 8.86. The van der Waals surface area contributed by atoms with E-state index in [4.69, 9.17) is 10.00 Å². The largest absolute Gasteiger partial charge is 0.361 e. The van der Waals surface area contributed by atoms with Gasteiger partial charge < -0.3 is 4.74 Å². The predicted octanol–water partition coefficient (Wildman–Crippen LogP) is 1.58. The van der Waals surface area contributed by atoms with Crippen molar-refractivity contribution in [3.8, 4) is 6.07 Å². The van der Waals surface area contributed by atoms with Gasteiger partial charge in [0, 0.05) is 31.9 Å². The van der Waals surface area contributed by atoms with Crippen LogP contribution in [0.25, 0.3) is 0 Å². The first-order valence-corrected chi connectivity index (χ1v) is 6.50.